The number of nitrogens with zero attached hydrogens (tertiary/aromatic N) is 1. The molecule has 4 nitrogen and oxygen atoms in total. The molecular formula is C14H13NO3. The number of aliphatic carboxylic acids is 1. The minimum absolute atomic E-state index is 0.0448. The van der Waals surface area contributed by atoms with Crippen molar-refractivity contribution in [3.8, 4) is 17.0 Å². The summed E-state index contributed by atoms with van der Waals surface area (Å²) >= 11 is 0. The lowest BCUT2D eigenvalue weighted by atomic mass is 10.0. The maximum Gasteiger partial charge on any atom is 0.307 e. The number of rotatable bonds is 4. The lowest BCUT2D eigenvalue weighted by Crippen LogP contribution is -2.02. The van der Waals surface area contributed by atoms with Crippen molar-refractivity contribution < 1.29 is 14.6 Å². The van der Waals surface area contributed by atoms with Crippen LogP contribution in [0.15, 0.2) is 42.6 Å². The SMILES string of the molecule is COc1ncc(CC(=O)O)cc1-c1ccccc1. The summed E-state index contributed by atoms with van der Waals surface area (Å²) in [6.45, 7) is 0. The Morgan fingerprint density at radius 3 is 2.67 bits per heavy atom. The number of methoxy groups -OCH3 is 1. The summed E-state index contributed by atoms with van der Waals surface area (Å²) in [5.41, 5.74) is 2.41. The normalized spacial score (nSPS) is 10.1. The van der Waals surface area contributed by atoms with Gasteiger partial charge >= 0.3 is 5.97 Å². The highest BCUT2D eigenvalue weighted by Crippen LogP contribution is 2.28. The number of hydrogen-bond acceptors (Lipinski definition) is 3. The van der Waals surface area contributed by atoms with Gasteiger partial charge in [-0.15, -0.1) is 0 Å². The van der Waals surface area contributed by atoms with E-state index < -0.39 is 5.97 Å². The molecule has 2 rings (SSSR count). The summed E-state index contributed by atoms with van der Waals surface area (Å²) < 4.78 is 5.20. The number of pyridine rings is 1. The fourth-order valence-corrected chi connectivity index (χ4v) is 1.75. The molecule has 1 heterocycles. The molecule has 0 unspecified atom stereocenters. The van der Waals surface area contributed by atoms with Crippen LogP contribution in [0.25, 0.3) is 11.1 Å². The second kappa shape index (κ2) is 5.31. The Balaban J connectivity index is 2.46. The summed E-state index contributed by atoms with van der Waals surface area (Å²) in [7, 11) is 1.55. The first-order chi connectivity index (χ1) is 8.70. The van der Waals surface area contributed by atoms with E-state index in [0.29, 0.717) is 11.4 Å². The Kier molecular flexibility index (Phi) is 3.57. The molecule has 18 heavy (non-hydrogen) atoms. The first-order valence-electron chi connectivity index (χ1n) is 5.51. The molecule has 0 aliphatic heterocycles. The second-order valence-electron chi connectivity index (χ2n) is 3.84. The van der Waals surface area contributed by atoms with E-state index in [1.807, 2.05) is 30.3 Å². The Morgan fingerprint density at radius 1 is 1.33 bits per heavy atom. The van der Waals surface area contributed by atoms with Crippen LogP contribution in [0.4, 0.5) is 0 Å². The minimum Gasteiger partial charge on any atom is -0.481 e. The number of carbonyl (C=O) groups is 1. The van der Waals surface area contributed by atoms with Gasteiger partial charge in [0.15, 0.2) is 0 Å². The van der Waals surface area contributed by atoms with Crippen molar-refractivity contribution in [1.29, 1.82) is 0 Å². The fourth-order valence-electron chi connectivity index (χ4n) is 1.75. The van der Waals surface area contributed by atoms with Crippen molar-refractivity contribution in [3.63, 3.8) is 0 Å². The largest absolute Gasteiger partial charge is 0.481 e. The molecule has 0 radical (unpaired) electrons. The highest BCUT2D eigenvalue weighted by atomic mass is 16.5. The van der Waals surface area contributed by atoms with Crippen LogP contribution in [0.5, 0.6) is 5.88 Å². The molecule has 1 aromatic heterocycles. The standard InChI is InChI=1S/C14H13NO3/c1-18-14-12(11-5-3-2-4-6-11)7-10(9-15-14)8-13(16)17/h2-7,9H,8H2,1H3,(H,16,17). The van der Waals surface area contributed by atoms with Crippen molar-refractivity contribution in [2.75, 3.05) is 7.11 Å². The second-order valence-corrected chi connectivity index (χ2v) is 3.84. The molecule has 1 N–H and O–H groups in total. The molecule has 0 aliphatic rings. The quantitative estimate of drug-likeness (QED) is 0.895. The maximum absolute atomic E-state index is 10.7. The number of carboxylic acid groups (broad SMARTS) is 1. The molecule has 0 spiro atoms. The molecule has 0 saturated carbocycles. The fraction of sp³-hybridized carbons (Fsp3) is 0.143. The summed E-state index contributed by atoms with van der Waals surface area (Å²) in [6, 6.07) is 11.4. The van der Waals surface area contributed by atoms with Gasteiger partial charge in [-0.2, -0.15) is 0 Å². The zero-order valence-electron chi connectivity index (χ0n) is 9.96. The lowest BCUT2D eigenvalue weighted by molar-refractivity contribution is -0.136. The van der Waals surface area contributed by atoms with E-state index in [9.17, 15) is 4.79 Å². The van der Waals surface area contributed by atoms with Crippen LogP contribution in [-0.2, 0) is 11.2 Å². The van der Waals surface area contributed by atoms with Crippen molar-refractivity contribution in [2.24, 2.45) is 0 Å². The molecule has 2 aromatic rings. The third kappa shape index (κ3) is 2.66. The van der Waals surface area contributed by atoms with Gasteiger partial charge in [0.1, 0.15) is 0 Å². The third-order valence-corrected chi connectivity index (χ3v) is 2.54. The van der Waals surface area contributed by atoms with Gasteiger partial charge in [-0.1, -0.05) is 30.3 Å². The molecule has 0 fully saturated rings. The highest BCUT2D eigenvalue weighted by Gasteiger charge is 2.10. The van der Waals surface area contributed by atoms with Gasteiger partial charge in [-0.3, -0.25) is 4.79 Å². The van der Waals surface area contributed by atoms with Gasteiger partial charge < -0.3 is 9.84 Å². The van der Waals surface area contributed by atoms with Gasteiger partial charge in [0, 0.05) is 11.8 Å². The smallest absolute Gasteiger partial charge is 0.307 e. The molecular weight excluding hydrogens is 230 g/mol. The molecule has 0 bridgehead atoms. The Bertz CT molecular complexity index is 552. The predicted molar refractivity (Wildman–Crippen MR) is 67.6 cm³/mol. The summed E-state index contributed by atoms with van der Waals surface area (Å²) in [5, 5.41) is 8.80. The van der Waals surface area contributed by atoms with Crippen molar-refractivity contribution in [1.82, 2.24) is 4.98 Å². The van der Waals surface area contributed by atoms with E-state index in [2.05, 4.69) is 4.98 Å². The predicted octanol–water partition coefficient (Wildman–Crippen LogP) is 2.38. The van der Waals surface area contributed by atoms with Gasteiger partial charge in [-0.05, 0) is 17.2 Å². The first-order valence-corrected chi connectivity index (χ1v) is 5.51. The monoisotopic (exact) mass is 243 g/mol. The van der Waals surface area contributed by atoms with Crippen LogP contribution >= 0.6 is 0 Å². The molecule has 0 aliphatic carbocycles. The Morgan fingerprint density at radius 2 is 2.06 bits per heavy atom. The summed E-state index contributed by atoms with van der Waals surface area (Å²) in [4.78, 5) is 14.9. The molecule has 0 saturated heterocycles. The average molecular weight is 243 g/mol. The van der Waals surface area contributed by atoms with E-state index in [-0.39, 0.29) is 6.42 Å². The van der Waals surface area contributed by atoms with Crippen LogP contribution in [0.2, 0.25) is 0 Å². The topological polar surface area (TPSA) is 59.4 Å². The number of ether oxygens (including phenoxy) is 1. The van der Waals surface area contributed by atoms with E-state index in [1.54, 1.807) is 13.2 Å². The number of benzene rings is 1. The lowest BCUT2D eigenvalue weighted by Gasteiger charge is -2.09. The van der Waals surface area contributed by atoms with Crippen molar-refractivity contribution in [3.05, 3.63) is 48.2 Å². The molecule has 0 atom stereocenters. The van der Waals surface area contributed by atoms with E-state index in [4.69, 9.17) is 9.84 Å². The van der Waals surface area contributed by atoms with E-state index >= 15 is 0 Å². The zero-order valence-corrected chi connectivity index (χ0v) is 9.96. The van der Waals surface area contributed by atoms with Crippen LogP contribution in [0.1, 0.15) is 5.56 Å². The van der Waals surface area contributed by atoms with Gasteiger partial charge in [-0.25, -0.2) is 4.98 Å². The Hall–Kier alpha value is -2.36. The number of hydrogen-bond donors (Lipinski definition) is 1. The minimum atomic E-state index is -0.874. The first kappa shape index (κ1) is 12.1. The molecule has 0 amide bonds. The van der Waals surface area contributed by atoms with Crippen LogP contribution < -0.4 is 4.74 Å². The van der Waals surface area contributed by atoms with Crippen LogP contribution in [-0.4, -0.2) is 23.2 Å². The van der Waals surface area contributed by atoms with Gasteiger partial charge in [0.2, 0.25) is 5.88 Å². The van der Waals surface area contributed by atoms with Crippen LogP contribution in [0.3, 0.4) is 0 Å². The zero-order chi connectivity index (χ0) is 13.0. The van der Waals surface area contributed by atoms with Crippen molar-refractivity contribution in [2.45, 2.75) is 6.42 Å². The highest BCUT2D eigenvalue weighted by molar-refractivity contribution is 5.73. The van der Waals surface area contributed by atoms with Gasteiger partial charge in [0.25, 0.3) is 0 Å². The molecule has 92 valence electrons. The number of carboxylic acids is 1. The van der Waals surface area contributed by atoms with Crippen molar-refractivity contribution >= 4 is 5.97 Å². The van der Waals surface area contributed by atoms with E-state index in [0.717, 1.165) is 11.1 Å². The van der Waals surface area contributed by atoms with E-state index in [1.165, 1.54) is 6.20 Å². The molecule has 1 aromatic carbocycles. The maximum atomic E-state index is 10.7. The van der Waals surface area contributed by atoms with Gasteiger partial charge in [0.05, 0.1) is 13.5 Å². The Labute approximate surface area is 105 Å². The van der Waals surface area contributed by atoms with Crippen LogP contribution in [0, 0.1) is 0 Å². The number of aromatic nitrogens is 1. The summed E-state index contributed by atoms with van der Waals surface area (Å²) in [6.07, 6.45) is 1.48. The average Bonchev–Trinajstić information content (AvgIpc) is 2.39. The third-order valence-electron chi connectivity index (χ3n) is 2.54. The molecule has 4 heteroatoms. The summed E-state index contributed by atoms with van der Waals surface area (Å²) in [5.74, 6) is -0.378.